The van der Waals surface area contributed by atoms with Crippen LogP contribution in [-0.4, -0.2) is 5.97 Å². The van der Waals surface area contributed by atoms with Gasteiger partial charge in [-0.1, -0.05) is 23.7 Å². The molecule has 0 unspecified atom stereocenters. The van der Waals surface area contributed by atoms with Crippen LogP contribution >= 0.6 is 11.6 Å². The Morgan fingerprint density at radius 3 is 2.61 bits per heavy atom. The van der Waals surface area contributed by atoms with Crippen molar-refractivity contribution in [2.24, 2.45) is 5.90 Å². The van der Waals surface area contributed by atoms with E-state index in [9.17, 15) is 9.18 Å². The number of aromatic nitrogens is 1. The summed E-state index contributed by atoms with van der Waals surface area (Å²) in [5.74, 6) is 4.62. The van der Waals surface area contributed by atoms with E-state index in [1.807, 2.05) is 18.2 Å². The Morgan fingerprint density at radius 1 is 1.06 bits per heavy atom. The van der Waals surface area contributed by atoms with Gasteiger partial charge in [-0.15, -0.1) is 0 Å². The molecule has 5 nitrogen and oxygen atoms in total. The van der Waals surface area contributed by atoms with Gasteiger partial charge in [0.25, 0.3) is 5.69 Å². The maximum absolute atomic E-state index is 14.2. The number of ether oxygens (including phenoxy) is 1. The number of carbonyl (C=O) groups is 1. The maximum Gasteiger partial charge on any atom is 0.422 e. The molecule has 1 aromatic heterocycles. The van der Waals surface area contributed by atoms with Gasteiger partial charge >= 0.3 is 5.97 Å². The molecule has 4 rings (SSSR count). The lowest BCUT2D eigenvalue weighted by molar-refractivity contribution is -0.387. The normalized spacial score (nSPS) is 13.4. The Kier molecular flexibility index (Phi) is 6.30. The predicted molar refractivity (Wildman–Crippen MR) is 115 cm³/mol. The molecule has 0 aliphatic heterocycles. The molecule has 0 radical (unpaired) electrons. The number of carbonyl (C=O) groups excluding carboxylic acids is 1. The Morgan fingerprint density at radius 2 is 1.84 bits per heavy atom. The third-order valence-electron chi connectivity index (χ3n) is 5.24. The summed E-state index contributed by atoms with van der Waals surface area (Å²) in [6.45, 7) is 0.336. The fourth-order valence-electron chi connectivity index (χ4n) is 3.77. The molecule has 7 heteroatoms. The number of H-pyrrole nitrogens is 1. The van der Waals surface area contributed by atoms with Crippen LogP contribution in [0, 0.1) is 5.82 Å². The van der Waals surface area contributed by atoms with Gasteiger partial charge in [-0.2, -0.15) is 10.9 Å². The zero-order valence-corrected chi connectivity index (χ0v) is 17.4. The van der Waals surface area contributed by atoms with Crippen molar-refractivity contribution in [3.05, 3.63) is 94.0 Å². The van der Waals surface area contributed by atoms with Crippen molar-refractivity contribution in [2.75, 3.05) is 0 Å². The van der Waals surface area contributed by atoms with E-state index in [0.717, 1.165) is 41.7 Å². The second kappa shape index (κ2) is 9.29. The molecule has 158 valence electrons. The van der Waals surface area contributed by atoms with Crippen LogP contribution in [0.3, 0.4) is 0 Å². The second-order valence-electron chi connectivity index (χ2n) is 7.25. The zero-order chi connectivity index (χ0) is 21.8. The number of rotatable bonds is 6. The Balaban J connectivity index is 1.69. The lowest BCUT2D eigenvalue weighted by Crippen LogP contribution is -2.24. The Hall–Kier alpha value is -3.22. The number of pyridine rings is 1. The average Bonchev–Trinajstić information content (AvgIpc) is 3.28. The number of aromatic amines is 1. The number of allylic oxidation sites excluding steroid dienone is 2. The van der Waals surface area contributed by atoms with Gasteiger partial charge in [0.1, 0.15) is 18.2 Å². The van der Waals surface area contributed by atoms with E-state index >= 15 is 0 Å². The van der Waals surface area contributed by atoms with Gasteiger partial charge in [-0.3, -0.25) is 0 Å². The summed E-state index contributed by atoms with van der Waals surface area (Å²) >= 11 is 5.94. The quantitative estimate of drug-likeness (QED) is 0.548. The highest BCUT2D eigenvalue weighted by Gasteiger charge is 2.26. The van der Waals surface area contributed by atoms with Crippen LogP contribution < -0.4 is 15.6 Å². The van der Waals surface area contributed by atoms with Crippen LogP contribution in [0.1, 0.15) is 46.6 Å². The van der Waals surface area contributed by atoms with Crippen LogP contribution in [-0.2, 0) is 11.4 Å². The van der Waals surface area contributed by atoms with E-state index in [4.69, 9.17) is 22.2 Å². The third-order valence-corrected chi connectivity index (χ3v) is 5.49. The molecule has 0 amide bonds. The lowest BCUT2D eigenvalue weighted by atomic mass is 9.98. The van der Waals surface area contributed by atoms with Crippen LogP contribution in [0.2, 0.25) is 5.02 Å². The molecule has 1 heterocycles. The largest absolute Gasteiger partial charge is 0.488 e. The number of halogens is 2. The molecule has 0 bridgehead atoms. The predicted octanol–water partition coefficient (Wildman–Crippen LogP) is 5.00. The first kappa shape index (κ1) is 21.0. The number of nitrogens with one attached hydrogen (secondary N) is 1. The summed E-state index contributed by atoms with van der Waals surface area (Å²) in [4.78, 5) is 19.2. The summed E-state index contributed by atoms with van der Waals surface area (Å²) in [6.07, 6.45) is 2.48. The zero-order valence-electron chi connectivity index (χ0n) is 16.7. The summed E-state index contributed by atoms with van der Waals surface area (Å²) in [5, 5.41) is 0.656. The molecule has 1 aliphatic carbocycles. The summed E-state index contributed by atoms with van der Waals surface area (Å²) in [7, 11) is 0. The molecular formula is C24H21ClFN2O3+. The summed E-state index contributed by atoms with van der Waals surface area (Å²) in [5.41, 5.74) is 4.68. The summed E-state index contributed by atoms with van der Waals surface area (Å²) in [6, 6.07) is 17.1. The highest BCUT2D eigenvalue weighted by Crippen LogP contribution is 2.42. The lowest BCUT2D eigenvalue weighted by Gasteiger charge is -2.14. The van der Waals surface area contributed by atoms with Gasteiger partial charge in [0.2, 0.25) is 5.69 Å². The molecule has 0 saturated carbocycles. The van der Waals surface area contributed by atoms with Crippen molar-refractivity contribution >= 4 is 28.7 Å². The van der Waals surface area contributed by atoms with Crippen molar-refractivity contribution in [1.29, 1.82) is 0 Å². The van der Waals surface area contributed by atoms with Gasteiger partial charge in [-0.25, -0.2) is 9.18 Å². The van der Waals surface area contributed by atoms with Crippen LogP contribution in [0.15, 0.2) is 60.7 Å². The molecular weight excluding hydrogens is 419 g/mol. The molecule has 0 atom stereocenters. The van der Waals surface area contributed by atoms with E-state index < -0.39 is 5.97 Å². The van der Waals surface area contributed by atoms with E-state index in [1.54, 1.807) is 30.3 Å². The number of benzene rings is 2. The third kappa shape index (κ3) is 4.76. The SMILES string of the molecule is NOC(=O)c1cccc(C2=C(c3cc(F)ccc3OCc3ccc(Cl)cc3)CCC2)[nH+]1. The minimum atomic E-state index is -0.653. The monoisotopic (exact) mass is 439 g/mol. The molecule has 31 heavy (non-hydrogen) atoms. The first-order valence-corrected chi connectivity index (χ1v) is 10.3. The fourth-order valence-corrected chi connectivity index (χ4v) is 3.90. The molecule has 0 spiro atoms. The van der Waals surface area contributed by atoms with Gasteiger partial charge < -0.3 is 9.57 Å². The molecule has 0 fully saturated rings. The fraction of sp³-hybridized carbons (Fsp3) is 0.167. The number of nitrogens with two attached hydrogens (primary N) is 1. The maximum atomic E-state index is 14.2. The van der Waals surface area contributed by atoms with Crippen LogP contribution in [0.25, 0.3) is 11.1 Å². The second-order valence-corrected chi connectivity index (χ2v) is 7.69. The highest BCUT2D eigenvalue weighted by atomic mass is 35.5. The van der Waals surface area contributed by atoms with Crippen molar-refractivity contribution in [2.45, 2.75) is 25.9 Å². The van der Waals surface area contributed by atoms with Gasteiger partial charge in [-0.05, 0) is 66.8 Å². The Bertz CT molecular complexity index is 1150. The standard InChI is InChI=1S/C24H20ClFN2O3/c25-16-9-7-15(8-10-16)14-30-23-12-11-17(26)13-20(23)18-3-1-4-19(18)21-5-2-6-22(28-21)24(29)31-27/h2,5-13H,1,3-4,14,27H2/p+1. The first-order chi connectivity index (χ1) is 15.0. The molecule has 3 aromatic rings. The van der Waals surface area contributed by atoms with Gasteiger partial charge in [0.05, 0.1) is 0 Å². The molecule has 2 aromatic carbocycles. The van der Waals surface area contributed by atoms with E-state index in [2.05, 4.69) is 9.82 Å². The van der Waals surface area contributed by atoms with E-state index in [0.29, 0.717) is 22.9 Å². The first-order valence-electron chi connectivity index (χ1n) is 9.88. The van der Waals surface area contributed by atoms with Crippen LogP contribution in [0.4, 0.5) is 4.39 Å². The van der Waals surface area contributed by atoms with Crippen molar-refractivity contribution in [3.8, 4) is 5.75 Å². The van der Waals surface area contributed by atoms with Crippen molar-refractivity contribution in [3.63, 3.8) is 0 Å². The van der Waals surface area contributed by atoms with Crippen molar-refractivity contribution < 1.29 is 23.7 Å². The highest BCUT2D eigenvalue weighted by molar-refractivity contribution is 6.30. The molecule has 1 aliphatic rings. The number of hydrogen-bond acceptors (Lipinski definition) is 4. The van der Waals surface area contributed by atoms with Gasteiger partial charge in [0.15, 0.2) is 0 Å². The molecule has 3 N–H and O–H groups in total. The molecule has 0 saturated heterocycles. The topological polar surface area (TPSA) is 75.7 Å². The summed E-state index contributed by atoms with van der Waals surface area (Å²) < 4.78 is 20.2. The van der Waals surface area contributed by atoms with E-state index in [1.165, 1.54) is 12.1 Å². The smallest absolute Gasteiger partial charge is 0.422 e. The van der Waals surface area contributed by atoms with Crippen LogP contribution in [0.5, 0.6) is 5.75 Å². The number of hydrogen-bond donors (Lipinski definition) is 1. The van der Waals surface area contributed by atoms with Crippen molar-refractivity contribution in [1.82, 2.24) is 0 Å². The van der Waals surface area contributed by atoms with Gasteiger partial charge in [0, 0.05) is 28.3 Å². The minimum Gasteiger partial charge on any atom is -0.488 e. The van der Waals surface area contributed by atoms with E-state index in [-0.39, 0.29) is 11.5 Å². The minimum absolute atomic E-state index is 0.247. The Labute approximate surface area is 184 Å². The average molecular weight is 440 g/mol.